The second-order valence-electron chi connectivity index (χ2n) is 10.3. The molecule has 2 aliphatic rings. The summed E-state index contributed by atoms with van der Waals surface area (Å²) in [7, 11) is 0. The predicted molar refractivity (Wildman–Crippen MR) is 151 cm³/mol. The van der Waals surface area contributed by atoms with E-state index in [1.54, 1.807) is 6.33 Å². The fourth-order valence-electron chi connectivity index (χ4n) is 5.58. The summed E-state index contributed by atoms with van der Waals surface area (Å²) in [5.74, 6) is 1.82. The maximum absolute atomic E-state index is 13.2. The highest BCUT2D eigenvalue weighted by Crippen LogP contribution is 2.25. The minimum atomic E-state index is 0.0947. The lowest BCUT2D eigenvalue weighted by Crippen LogP contribution is -2.49. The van der Waals surface area contributed by atoms with Crippen molar-refractivity contribution >= 4 is 22.8 Å². The third-order valence-electron chi connectivity index (χ3n) is 7.63. The maximum Gasteiger partial charge on any atom is 0.253 e. The van der Waals surface area contributed by atoms with Crippen LogP contribution in [0.2, 0.25) is 0 Å². The number of amides is 1. The van der Waals surface area contributed by atoms with Crippen LogP contribution in [-0.4, -0.2) is 81.3 Å². The van der Waals surface area contributed by atoms with Crippen LogP contribution in [0.4, 0.5) is 5.82 Å². The molecule has 4 aromatic rings. The molecule has 9 nitrogen and oxygen atoms in total. The van der Waals surface area contributed by atoms with Crippen molar-refractivity contribution < 1.29 is 9.53 Å². The second kappa shape index (κ2) is 11.4. The van der Waals surface area contributed by atoms with Crippen molar-refractivity contribution in [3.63, 3.8) is 0 Å². The Morgan fingerprint density at radius 1 is 0.897 bits per heavy atom. The molecule has 0 atom stereocenters. The molecule has 2 aliphatic heterocycles. The Morgan fingerprint density at radius 3 is 2.46 bits per heavy atom. The smallest absolute Gasteiger partial charge is 0.253 e. The highest BCUT2D eigenvalue weighted by atomic mass is 16.5. The monoisotopic (exact) mass is 525 g/mol. The van der Waals surface area contributed by atoms with Gasteiger partial charge in [0.25, 0.3) is 5.91 Å². The van der Waals surface area contributed by atoms with Gasteiger partial charge in [-0.3, -0.25) is 9.69 Å². The number of aromatic nitrogens is 4. The number of piperazine rings is 1. The molecule has 1 amide bonds. The van der Waals surface area contributed by atoms with Crippen LogP contribution in [0, 0.1) is 0 Å². The standard InChI is InChI=1S/C30H35N7O2/c1-2-39-26-7-5-6-24(18-26)21-37-29-27(19-33-37)28(31-22-32-29)35-14-16-36(17-15-35)30(38)25-10-8-23(9-11-25)20-34-12-3-4-13-34/h5-11,18-19,22H,2-4,12-17,20-21H2,1H3. The minimum Gasteiger partial charge on any atom is -0.494 e. The van der Waals surface area contributed by atoms with E-state index in [4.69, 9.17) is 4.74 Å². The summed E-state index contributed by atoms with van der Waals surface area (Å²) >= 11 is 0. The third kappa shape index (κ3) is 5.59. The van der Waals surface area contributed by atoms with Gasteiger partial charge in [-0.05, 0) is 68.2 Å². The molecule has 0 unspecified atom stereocenters. The van der Waals surface area contributed by atoms with Crippen LogP contribution < -0.4 is 9.64 Å². The van der Waals surface area contributed by atoms with Gasteiger partial charge in [0.05, 0.1) is 24.7 Å². The van der Waals surface area contributed by atoms with E-state index in [1.807, 2.05) is 53.0 Å². The first-order valence-electron chi connectivity index (χ1n) is 13.9. The largest absolute Gasteiger partial charge is 0.494 e. The summed E-state index contributed by atoms with van der Waals surface area (Å²) in [6.45, 7) is 9.26. The highest BCUT2D eigenvalue weighted by Gasteiger charge is 2.25. The van der Waals surface area contributed by atoms with Crippen molar-refractivity contribution in [3.05, 3.63) is 77.7 Å². The molecule has 0 radical (unpaired) electrons. The summed E-state index contributed by atoms with van der Waals surface area (Å²) in [4.78, 5) is 29.0. The fraction of sp³-hybridized carbons (Fsp3) is 0.400. The third-order valence-corrected chi connectivity index (χ3v) is 7.63. The van der Waals surface area contributed by atoms with Gasteiger partial charge in [-0.15, -0.1) is 0 Å². The van der Waals surface area contributed by atoms with Gasteiger partial charge in [0.2, 0.25) is 0 Å². The maximum atomic E-state index is 13.2. The van der Waals surface area contributed by atoms with Gasteiger partial charge in [0.1, 0.15) is 17.9 Å². The predicted octanol–water partition coefficient (Wildman–Crippen LogP) is 3.83. The Balaban J connectivity index is 1.10. The zero-order valence-corrected chi connectivity index (χ0v) is 22.5. The first-order valence-corrected chi connectivity index (χ1v) is 13.9. The van der Waals surface area contributed by atoms with Gasteiger partial charge in [-0.25, -0.2) is 14.6 Å². The highest BCUT2D eigenvalue weighted by molar-refractivity contribution is 5.94. The minimum absolute atomic E-state index is 0.0947. The lowest BCUT2D eigenvalue weighted by atomic mass is 10.1. The van der Waals surface area contributed by atoms with Gasteiger partial charge in [0, 0.05) is 38.3 Å². The van der Waals surface area contributed by atoms with E-state index >= 15 is 0 Å². The first-order chi connectivity index (χ1) is 19.2. The molecule has 2 saturated heterocycles. The normalized spacial score (nSPS) is 16.2. The molecule has 2 aromatic carbocycles. The lowest BCUT2D eigenvalue weighted by Gasteiger charge is -2.35. The van der Waals surface area contributed by atoms with Crippen LogP contribution in [0.25, 0.3) is 11.0 Å². The van der Waals surface area contributed by atoms with Gasteiger partial charge >= 0.3 is 0 Å². The van der Waals surface area contributed by atoms with E-state index in [-0.39, 0.29) is 5.91 Å². The summed E-state index contributed by atoms with van der Waals surface area (Å²) in [6, 6.07) is 16.2. The average molecular weight is 526 g/mol. The topological polar surface area (TPSA) is 79.6 Å². The van der Waals surface area contributed by atoms with Gasteiger partial charge < -0.3 is 14.5 Å². The number of anilines is 1. The average Bonchev–Trinajstić information content (AvgIpc) is 3.64. The molecule has 2 fully saturated rings. The number of carbonyl (C=O) groups is 1. The Kier molecular flexibility index (Phi) is 7.40. The second-order valence-corrected chi connectivity index (χ2v) is 10.3. The molecule has 39 heavy (non-hydrogen) atoms. The molecule has 2 aromatic heterocycles. The Hall–Kier alpha value is -3.98. The van der Waals surface area contributed by atoms with E-state index in [0.29, 0.717) is 39.3 Å². The molecular formula is C30H35N7O2. The molecule has 9 heteroatoms. The Bertz CT molecular complexity index is 1420. The van der Waals surface area contributed by atoms with E-state index in [1.165, 1.54) is 31.5 Å². The first kappa shape index (κ1) is 25.3. The molecule has 0 saturated carbocycles. The van der Waals surface area contributed by atoms with E-state index in [2.05, 4.69) is 43.1 Å². The van der Waals surface area contributed by atoms with Crippen LogP contribution in [0.15, 0.2) is 61.1 Å². The van der Waals surface area contributed by atoms with Gasteiger partial charge in [0.15, 0.2) is 5.65 Å². The summed E-state index contributed by atoms with van der Waals surface area (Å²) in [5.41, 5.74) is 3.93. The molecule has 0 aliphatic carbocycles. The SMILES string of the molecule is CCOc1cccc(Cn2ncc3c(N4CCN(C(=O)c5ccc(CN6CCCC6)cc5)CC4)ncnc32)c1. The van der Waals surface area contributed by atoms with Crippen molar-refractivity contribution in [1.29, 1.82) is 0 Å². The molecule has 6 rings (SSSR count). The summed E-state index contributed by atoms with van der Waals surface area (Å²) in [5, 5.41) is 5.55. The number of hydrogen-bond donors (Lipinski definition) is 0. The Labute approximate surface area is 229 Å². The van der Waals surface area contributed by atoms with Crippen LogP contribution in [0.3, 0.4) is 0 Å². The van der Waals surface area contributed by atoms with Crippen molar-refractivity contribution in [2.45, 2.75) is 32.9 Å². The van der Waals surface area contributed by atoms with Crippen LogP contribution in [-0.2, 0) is 13.1 Å². The summed E-state index contributed by atoms with van der Waals surface area (Å²) < 4.78 is 7.54. The molecule has 0 bridgehead atoms. The number of likely N-dealkylation sites (tertiary alicyclic amines) is 1. The van der Waals surface area contributed by atoms with E-state index in [0.717, 1.165) is 40.3 Å². The van der Waals surface area contributed by atoms with Gasteiger partial charge in [-0.2, -0.15) is 5.10 Å². The molecular weight excluding hydrogens is 490 g/mol. The molecule has 0 N–H and O–H groups in total. The zero-order valence-electron chi connectivity index (χ0n) is 22.5. The fourth-order valence-corrected chi connectivity index (χ4v) is 5.58. The van der Waals surface area contributed by atoms with Crippen LogP contribution in [0.1, 0.15) is 41.3 Å². The Morgan fingerprint density at radius 2 is 1.69 bits per heavy atom. The van der Waals surface area contributed by atoms with Gasteiger partial charge in [-0.1, -0.05) is 24.3 Å². The van der Waals surface area contributed by atoms with Crippen molar-refractivity contribution in [1.82, 2.24) is 29.5 Å². The number of ether oxygens (including phenoxy) is 1. The van der Waals surface area contributed by atoms with Crippen molar-refractivity contribution in [3.8, 4) is 5.75 Å². The molecule has 4 heterocycles. The summed E-state index contributed by atoms with van der Waals surface area (Å²) in [6.07, 6.45) is 6.02. The molecule has 0 spiro atoms. The number of fused-ring (bicyclic) bond motifs is 1. The number of benzene rings is 2. The number of rotatable bonds is 8. The molecule has 202 valence electrons. The van der Waals surface area contributed by atoms with Crippen LogP contribution >= 0.6 is 0 Å². The van der Waals surface area contributed by atoms with E-state index < -0.39 is 0 Å². The number of carbonyl (C=O) groups excluding carboxylic acids is 1. The van der Waals surface area contributed by atoms with Crippen molar-refractivity contribution in [2.75, 3.05) is 50.8 Å². The number of hydrogen-bond acceptors (Lipinski definition) is 7. The van der Waals surface area contributed by atoms with E-state index in [9.17, 15) is 4.79 Å². The number of nitrogens with zero attached hydrogens (tertiary/aromatic N) is 7. The van der Waals surface area contributed by atoms with Crippen LogP contribution in [0.5, 0.6) is 5.75 Å². The quantitative estimate of drug-likeness (QED) is 0.346. The lowest BCUT2D eigenvalue weighted by molar-refractivity contribution is 0.0746. The van der Waals surface area contributed by atoms with Crippen molar-refractivity contribution in [2.24, 2.45) is 0 Å². The zero-order chi connectivity index (χ0) is 26.6.